The molecule has 22 heavy (non-hydrogen) atoms. The number of nitrogens with one attached hydrogen (secondary N) is 1. The lowest BCUT2D eigenvalue weighted by molar-refractivity contribution is 0.250. The van der Waals surface area contributed by atoms with Gasteiger partial charge in [0.2, 0.25) is 0 Å². The van der Waals surface area contributed by atoms with Crippen LogP contribution in [0.1, 0.15) is 0 Å². The van der Waals surface area contributed by atoms with E-state index in [1.807, 2.05) is 0 Å². The molecule has 110 valence electrons. The molecule has 6 nitrogen and oxygen atoms in total. The first-order valence-electron chi connectivity index (χ1n) is 6.34. The monoisotopic (exact) mass is 298 g/mol. The van der Waals surface area contributed by atoms with E-state index in [-0.39, 0.29) is 12.0 Å². The number of benzene rings is 1. The van der Waals surface area contributed by atoms with Crippen LogP contribution in [0.4, 0.5) is 14.9 Å². The molecule has 3 rings (SSSR count). The van der Waals surface area contributed by atoms with Crippen molar-refractivity contribution in [2.75, 3.05) is 4.90 Å². The Hall–Kier alpha value is -3.22. The predicted molar refractivity (Wildman–Crippen MR) is 77.8 cm³/mol. The molecule has 1 aliphatic heterocycles. The molecular formula is C15H11FN4O2. The normalized spacial score (nSPS) is 14.0. The highest BCUT2D eigenvalue weighted by Crippen LogP contribution is 2.21. The largest absolute Gasteiger partial charge is 0.424 e. The van der Waals surface area contributed by atoms with Crippen LogP contribution in [0.25, 0.3) is 0 Å². The van der Waals surface area contributed by atoms with E-state index in [1.165, 1.54) is 35.5 Å². The number of ether oxygens (including phenoxy) is 1. The molecular weight excluding hydrogens is 287 g/mol. The Morgan fingerprint density at radius 1 is 1.27 bits per heavy atom. The van der Waals surface area contributed by atoms with Gasteiger partial charge in [0.25, 0.3) is 0 Å². The summed E-state index contributed by atoms with van der Waals surface area (Å²) in [5, 5.41) is 2.57. The van der Waals surface area contributed by atoms with E-state index in [0.717, 1.165) is 0 Å². The molecule has 7 heteroatoms. The number of aromatic nitrogens is 2. The summed E-state index contributed by atoms with van der Waals surface area (Å²) in [4.78, 5) is 21.1. The quantitative estimate of drug-likeness (QED) is 0.946. The lowest BCUT2D eigenvalue weighted by Gasteiger charge is -2.22. The van der Waals surface area contributed by atoms with E-state index in [0.29, 0.717) is 17.1 Å². The second kappa shape index (κ2) is 5.65. The van der Waals surface area contributed by atoms with Gasteiger partial charge >= 0.3 is 12.0 Å². The first-order chi connectivity index (χ1) is 10.6. The molecule has 2 heterocycles. The zero-order valence-corrected chi connectivity index (χ0v) is 11.4. The highest BCUT2D eigenvalue weighted by atomic mass is 19.1. The standard InChI is InChI=1S/C15H11FN4O2/c1-10-5-6-20(15(21)19-10)12-8-17-14(18-9-12)22-13-4-2-3-11(16)7-13/h2-9H,1H2,(H,19,21). The predicted octanol–water partition coefficient (Wildman–Crippen LogP) is 2.97. The summed E-state index contributed by atoms with van der Waals surface area (Å²) < 4.78 is 18.4. The Kier molecular flexibility index (Phi) is 3.53. The van der Waals surface area contributed by atoms with Gasteiger partial charge in [-0.15, -0.1) is 0 Å². The summed E-state index contributed by atoms with van der Waals surface area (Å²) in [5.41, 5.74) is 0.973. The number of carbonyl (C=O) groups excluding carboxylic acids is 1. The van der Waals surface area contributed by atoms with E-state index in [4.69, 9.17) is 4.74 Å². The first-order valence-corrected chi connectivity index (χ1v) is 6.34. The average Bonchev–Trinajstić information content (AvgIpc) is 2.48. The van der Waals surface area contributed by atoms with Crippen molar-refractivity contribution >= 4 is 11.7 Å². The van der Waals surface area contributed by atoms with Gasteiger partial charge in [-0.3, -0.25) is 4.90 Å². The van der Waals surface area contributed by atoms with Crippen LogP contribution in [0.2, 0.25) is 0 Å². The smallest absolute Gasteiger partial charge is 0.330 e. The molecule has 1 aromatic heterocycles. The van der Waals surface area contributed by atoms with Crippen molar-refractivity contribution in [2.45, 2.75) is 0 Å². The second-order valence-electron chi connectivity index (χ2n) is 4.42. The fourth-order valence-corrected chi connectivity index (χ4v) is 1.80. The molecule has 0 spiro atoms. The first kappa shape index (κ1) is 13.7. The van der Waals surface area contributed by atoms with Crippen LogP contribution in [0.15, 0.2) is 61.2 Å². The van der Waals surface area contributed by atoms with Crippen LogP contribution in [-0.4, -0.2) is 16.0 Å². The van der Waals surface area contributed by atoms with Gasteiger partial charge in [0, 0.05) is 18.0 Å². The number of amides is 2. The van der Waals surface area contributed by atoms with Gasteiger partial charge in [-0.05, 0) is 18.2 Å². The fraction of sp³-hybridized carbons (Fsp3) is 0. The van der Waals surface area contributed by atoms with Crippen LogP contribution in [0, 0.1) is 5.82 Å². The number of hydrogen-bond acceptors (Lipinski definition) is 4. The van der Waals surface area contributed by atoms with Crippen molar-refractivity contribution in [2.24, 2.45) is 0 Å². The van der Waals surface area contributed by atoms with Gasteiger partial charge < -0.3 is 10.1 Å². The third kappa shape index (κ3) is 2.93. The highest BCUT2D eigenvalue weighted by Gasteiger charge is 2.18. The minimum Gasteiger partial charge on any atom is -0.424 e. The number of nitrogens with zero attached hydrogens (tertiary/aromatic N) is 3. The van der Waals surface area contributed by atoms with E-state index in [9.17, 15) is 9.18 Å². The number of anilines is 1. The lowest BCUT2D eigenvalue weighted by atomic mass is 10.3. The molecule has 0 radical (unpaired) electrons. The fourth-order valence-electron chi connectivity index (χ4n) is 1.80. The SMILES string of the molecule is C=C1C=CN(c2cnc(Oc3cccc(F)c3)nc2)C(=O)N1. The molecule has 0 saturated heterocycles. The molecule has 2 aromatic rings. The Labute approximate surface area is 125 Å². The van der Waals surface area contributed by atoms with Crippen molar-refractivity contribution in [1.29, 1.82) is 0 Å². The molecule has 1 N–H and O–H groups in total. The summed E-state index contributed by atoms with van der Waals surface area (Å²) in [6, 6.07) is 5.35. The van der Waals surface area contributed by atoms with E-state index in [1.54, 1.807) is 18.3 Å². The molecule has 0 fully saturated rings. The molecule has 1 aliphatic rings. The van der Waals surface area contributed by atoms with E-state index in [2.05, 4.69) is 21.9 Å². The summed E-state index contributed by atoms with van der Waals surface area (Å²) in [6.07, 6.45) is 6.07. The second-order valence-corrected chi connectivity index (χ2v) is 4.42. The summed E-state index contributed by atoms with van der Waals surface area (Å²) in [6.45, 7) is 3.63. The number of urea groups is 1. The third-order valence-corrected chi connectivity index (χ3v) is 2.81. The number of allylic oxidation sites excluding steroid dienone is 1. The topological polar surface area (TPSA) is 67.3 Å². The van der Waals surface area contributed by atoms with E-state index < -0.39 is 5.82 Å². The van der Waals surface area contributed by atoms with Crippen molar-refractivity contribution in [3.05, 3.63) is 67.0 Å². The molecule has 0 atom stereocenters. The Bertz CT molecular complexity index is 758. The molecule has 1 aromatic carbocycles. The number of hydrogen-bond donors (Lipinski definition) is 1. The Morgan fingerprint density at radius 2 is 2.05 bits per heavy atom. The Balaban J connectivity index is 1.77. The van der Waals surface area contributed by atoms with Crippen molar-refractivity contribution in [3.63, 3.8) is 0 Å². The van der Waals surface area contributed by atoms with Crippen molar-refractivity contribution < 1.29 is 13.9 Å². The van der Waals surface area contributed by atoms with Gasteiger partial charge in [-0.1, -0.05) is 12.6 Å². The van der Waals surface area contributed by atoms with Crippen molar-refractivity contribution in [1.82, 2.24) is 15.3 Å². The highest BCUT2D eigenvalue weighted by molar-refractivity contribution is 5.96. The molecule has 0 unspecified atom stereocenters. The molecule has 0 saturated carbocycles. The number of carbonyl (C=O) groups is 1. The Morgan fingerprint density at radius 3 is 2.73 bits per heavy atom. The zero-order valence-electron chi connectivity index (χ0n) is 11.4. The van der Waals surface area contributed by atoms with Gasteiger partial charge in [-0.2, -0.15) is 0 Å². The van der Waals surface area contributed by atoms with Gasteiger partial charge in [-0.25, -0.2) is 19.2 Å². The summed E-state index contributed by atoms with van der Waals surface area (Å²) in [5.74, 6) is -0.121. The number of halogens is 1. The van der Waals surface area contributed by atoms with Crippen LogP contribution in [-0.2, 0) is 0 Å². The van der Waals surface area contributed by atoms with Crippen molar-refractivity contribution in [3.8, 4) is 11.8 Å². The third-order valence-electron chi connectivity index (χ3n) is 2.81. The van der Waals surface area contributed by atoms with Gasteiger partial charge in [0.15, 0.2) is 0 Å². The molecule has 0 bridgehead atoms. The van der Waals surface area contributed by atoms with Gasteiger partial charge in [0.1, 0.15) is 11.6 Å². The lowest BCUT2D eigenvalue weighted by Crippen LogP contribution is -2.38. The van der Waals surface area contributed by atoms with E-state index >= 15 is 0 Å². The van der Waals surface area contributed by atoms with Crippen LogP contribution in [0.5, 0.6) is 11.8 Å². The van der Waals surface area contributed by atoms with Crippen LogP contribution >= 0.6 is 0 Å². The van der Waals surface area contributed by atoms with Gasteiger partial charge in [0.05, 0.1) is 18.1 Å². The molecule has 0 aliphatic carbocycles. The van der Waals surface area contributed by atoms with Crippen LogP contribution < -0.4 is 15.0 Å². The summed E-state index contributed by atoms with van der Waals surface area (Å²) >= 11 is 0. The zero-order chi connectivity index (χ0) is 15.5. The maximum absolute atomic E-state index is 13.1. The number of rotatable bonds is 3. The van der Waals surface area contributed by atoms with Crippen LogP contribution in [0.3, 0.4) is 0 Å². The maximum atomic E-state index is 13.1. The average molecular weight is 298 g/mol. The maximum Gasteiger partial charge on any atom is 0.330 e. The minimum atomic E-state index is -0.413. The molecule has 2 amide bonds. The summed E-state index contributed by atoms with van der Waals surface area (Å²) in [7, 11) is 0. The minimum absolute atomic E-state index is 0.0557.